The number of pyridine rings is 1. The molecule has 2 atom stereocenters. The summed E-state index contributed by atoms with van der Waals surface area (Å²) in [6, 6.07) is 4.23. The number of fused-ring (bicyclic) bond motifs is 1. The summed E-state index contributed by atoms with van der Waals surface area (Å²) in [5.41, 5.74) is 1.89. The van der Waals surface area contributed by atoms with Crippen LogP contribution in [-0.2, 0) is 11.2 Å². The molecule has 1 fully saturated rings. The molecule has 2 unspecified atom stereocenters. The first kappa shape index (κ1) is 11.9. The molecule has 2 aromatic rings. The third-order valence-electron chi connectivity index (χ3n) is 3.51. The van der Waals surface area contributed by atoms with Crippen molar-refractivity contribution in [2.45, 2.75) is 31.9 Å². The van der Waals surface area contributed by atoms with Crippen molar-refractivity contribution in [2.24, 2.45) is 0 Å². The Morgan fingerprint density at radius 3 is 3.17 bits per heavy atom. The van der Waals surface area contributed by atoms with Gasteiger partial charge in [0, 0.05) is 25.1 Å². The van der Waals surface area contributed by atoms with Crippen LogP contribution in [0, 0.1) is 0 Å². The monoisotopic (exact) mass is 265 g/mol. The van der Waals surface area contributed by atoms with Gasteiger partial charge in [-0.15, -0.1) is 11.6 Å². The third-order valence-corrected chi connectivity index (χ3v) is 3.70. The van der Waals surface area contributed by atoms with Gasteiger partial charge in [0.25, 0.3) is 0 Å². The number of halogens is 1. The number of nitrogens with zero attached hydrogens (tertiary/aromatic N) is 3. The normalized spacial score (nSPS) is 23.9. The van der Waals surface area contributed by atoms with Crippen LogP contribution in [0.2, 0.25) is 0 Å². The fraction of sp³-hybridized carbons (Fsp3) is 0.538. The van der Waals surface area contributed by atoms with E-state index in [0.717, 1.165) is 36.4 Å². The highest BCUT2D eigenvalue weighted by molar-refractivity contribution is 6.17. The Labute approximate surface area is 111 Å². The van der Waals surface area contributed by atoms with Gasteiger partial charge in [0.05, 0.1) is 12.1 Å². The van der Waals surface area contributed by atoms with E-state index in [9.17, 15) is 0 Å². The van der Waals surface area contributed by atoms with E-state index >= 15 is 0 Å². The molecule has 2 aromatic heterocycles. The summed E-state index contributed by atoms with van der Waals surface area (Å²) < 4.78 is 7.88. The van der Waals surface area contributed by atoms with Crippen LogP contribution in [0.3, 0.4) is 0 Å². The summed E-state index contributed by atoms with van der Waals surface area (Å²) in [6.45, 7) is 2.91. The van der Waals surface area contributed by atoms with E-state index in [2.05, 4.69) is 21.5 Å². The van der Waals surface area contributed by atoms with Gasteiger partial charge < -0.3 is 9.30 Å². The van der Waals surface area contributed by atoms with Gasteiger partial charge in [0.15, 0.2) is 5.65 Å². The van der Waals surface area contributed by atoms with Crippen molar-refractivity contribution in [2.75, 3.05) is 12.5 Å². The summed E-state index contributed by atoms with van der Waals surface area (Å²) >= 11 is 5.87. The number of rotatable bonds is 3. The molecule has 0 spiro atoms. The highest BCUT2D eigenvalue weighted by Crippen LogP contribution is 2.30. The van der Waals surface area contributed by atoms with Gasteiger partial charge in [0.2, 0.25) is 0 Å². The van der Waals surface area contributed by atoms with Crippen LogP contribution in [0.1, 0.15) is 25.2 Å². The Balaban J connectivity index is 2.14. The number of alkyl halides is 1. The van der Waals surface area contributed by atoms with Gasteiger partial charge in [-0.1, -0.05) is 0 Å². The van der Waals surface area contributed by atoms with E-state index in [1.165, 1.54) is 0 Å². The Kier molecular flexibility index (Phi) is 3.22. The van der Waals surface area contributed by atoms with Crippen LogP contribution in [0.4, 0.5) is 0 Å². The van der Waals surface area contributed by atoms with Crippen molar-refractivity contribution in [1.82, 2.24) is 14.5 Å². The molecule has 0 radical (unpaired) electrons. The summed E-state index contributed by atoms with van der Waals surface area (Å²) in [4.78, 5) is 9.11. The van der Waals surface area contributed by atoms with Gasteiger partial charge in [-0.25, -0.2) is 9.97 Å². The smallest absolute Gasteiger partial charge is 0.160 e. The molecule has 0 aromatic carbocycles. The summed E-state index contributed by atoms with van der Waals surface area (Å²) in [5, 5.41) is 0. The van der Waals surface area contributed by atoms with Gasteiger partial charge in [-0.3, -0.25) is 0 Å². The Hall–Kier alpha value is -1.13. The highest BCUT2D eigenvalue weighted by atomic mass is 35.5. The molecule has 96 valence electrons. The van der Waals surface area contributed by atoms with Gasteiger partial charge >= 0.3 is 0 Å². The molecule has 0 bridgehead atoms. The average Bonchev–Trinajstić information content (AvgIpc) is 2.93. The maximum absolute atomic E-state index is 5.87. The van der Waals surface area contributed by atoms with Crippen molar-refractivity contribution < 1.29 is 4.74 Å². The molecule has 1 aliphatic heterocycles. The lowest BCUT2D eigenvalue weighted by Gasteiger charge is -2.18. The Bertz CT molecular complexity index is 554. The Morgan fingerprint density at radius 2 is 2.44 bits per heavy atom. The molecule has 1 saturated heterocycles. The largest absolute Gasteiger partial charge is 0.376 e. The second-order valence-electron chi connectivity index (χ2n) is 4.62. The molecule has 4 nitrogen and oxygen atoms in total. The SMILES string of the molecule is CC1OCCC1n1c(CCCl)nc2cccnc21. The van der Waals surface area contributed by atoms with Crippen molar-refractivity contribution in [3.63, 3.8) is 0 Å². The lowest BCUT2D eigenvalue weighted by atomic mass is 10.1. The summed E-state index contributed by atoms with van der Waals surface area (Å²) in [5.74, 6) is 1.59. The molecular formula is C13H16ClN3O. The van der Waals surface area contributed by atoms with Crippen molar-refractivity contribution >= 4 is 22.8 Å². The number of ether oxygens (including phenoxy) is 1. The number of aryl methyl sites for hydroxylation is 1. The first-order valence-corrected chi connectivity index (χ1v) is 6.84. The van der Waals surface area contributed by atoms with E-state index in [1.54, 1.807) is 0 Å². The predicted molar refractivity (Wildman–Crippen MR) is 71.0 cm³/mol. The molecular weight excluding hydrogens is 250 g/mol. The number of imidazole rings is 1. The average molecular weight is 266 g/mol. The summed E-state index contributed by atoms with van der Waals surface area (Å²) in [7, 11) is 0. The molecule has 0 aliphatic carbocycles. The lowest BCUT2D eigenvalue weighted by Crippen LogP contribution is -2.19. The van der Waals surface area contributed by atoms with Crippen LogP contribution in [0.15, 0.2) is 18.3 Å². The first-order chi connectivity index (χ1) is 8.81. The van der Waals surface area contributed by atoms with Gasteiger partial charge in [-0.05, 0) is 25.5 Å². The van der Waals surface area contributed by atoms with Crippen LogP contribution in [0.25, 0.3) is 11.2 Å². The van der Waals surface area contributed by atoms with Crippen LogP contribution in [-0.4, -0.2) is 33.1 Å². The predicted octanol–water partition coefficient (Wildman–Crippen LogP) is 2.56. The van der Waals surface area contributed by atoms with E-state index in [1.807, 2.05) is 18.3 Å². The highest BCUT2D eigenvalue weighted by Gasteiger charge is 2.29. The molecule has 18 heavy (non-hydrogen) atoms. The molecule has 3 heterocycles. The van der Waals surface area contributed by atoms with Crippen LogP contribution >= 0.6 is 11.6 Å². The van der Waals surface area contributed by atoms with E-state index in [0.29, 0.717) is 11.9 Å². The molecule has 0 saturated carbocycles. The zero-order chi connectivity index (χ0) is 12.5. The second kappa shape index (κ2) is 4.86. The van der Waals surface area contributed by atoms with E-state index < -0.39 is 0 Å². The summed E-state index contributed by atoms with van der Waals surface area (Å²) in [6.07, 6.45) is 3.80. The zero-order valence-electron chi connectivity index (χ0n) is 10.3. The maximum atomic E-state index is 5.87. The van der Waals surface area contributed by atoms with E-state index in [4.69, 9.17) is 16.3 Å². The first-order valence-electron chi connectivity index (χ1n) is 6.30. The third kappa shape index (κ3) is 1.89. The van der Waals surface area contributed by atoms with Gasteiger partial charge in [-0.2, -0.15) is 0 Å². The topological polar surface area (TPSA) is 39.9 Å². The molecule has 3 rings (SSSR count). The number of hydrogen-bond donors (Lipinski definition) is 0. The fourth-order valence-electron chi connectivity index (χ4n) is 2.65. The zero-order valence-corrected chi connectivity index (χ0v) is 11.1. The fourth-order valence-corrected chi connectivity index (χ4v) is 2.81. The Morgan fingerprint density at radius 1 is 1.56 bits per heavy atom. The maximum Gasteiger partial charge on any atom is 0.160 e. The van der Waals surface area contributed by atoms with E-state index in [-0.39, 0.29) is 6.10 Å². The molecule has 0 N–H and O–H groups in total. The van der Waals surface area contributed by atoms with Crippen molar-refractivity contribution in [3.8, 4) is 0 Å². The van der Waals surface area contributed by atoms with Crippen molar-refractivity contribution in [1.29, 1.82) is 0 Å². The van der Waals surface area contributed by atoms with Gasteiger partial charge in [0.1, 0.15) is 11.3 Å². The number of hydrogen-bond acceptors (Lipinski definition) is 3. The van der Waals surface area contributed by atoms with Crippen LogP contribution in [0.5, 0.6) is 0 Å². The minimum atomic E-state index is 0.207. The molecule has 1 aliphatic rings. The van der Waals surface area contributed by atoms with Crippen molar-refractivity contribution in [3.05, 3.63) is 24.2 Å². The number of aromatic nitrogens is 3. The molecule has 5 heteroatoms. The standard InChI is InChI=1S/C13H16ClN3O/c1-9-11(5-8-18-9)17-12(4-6-14)16-10-3-2-7-15-13(10)17/h2-3,7,9,11H,4-6,8H2,1H3. The lowest BCUT2D eigenvalue weighted by molar-refractivity contribution is 0.108. The van der Waals surface area contributed by atoms with Crippen LogP contribution < -0.4 is 0 Å². The molecule has 0 amide bonds. The second-order valence-corrected chi connectivity index (χ2v) is 4.99. The minimum Gasteiger partial charge on any atom is -0.376 e. The quantitative estimate of drug-likeness (QED) is 0.801. The minimum absolute atomic E-state index is 0.207.